The molecule has 2 aromatic carbocycles. The molecular formula is C27H30N8O4. The van der Waals surface area contributed by atoms with Gasteiger partial charge in [-0.15, -0.1) is 5.10 Å². The van der Waals surface area contributed by atoms with Crippen LogP contribution in [0.3, 0.4) is 0 Å². The maximum Gasteiger partial charge on any atom is 0.320 e. The predicted molar refractivity (Wildman–Crippen MR) is 146 cm³/mol. The molecule has 202 valence electrons. The molecule has 0 saturated heterocycles. The summed E-state index contributed by atoms with van der Waals surface area (Å²) in [6, 6.07) is 17.2. The molecule has 2 aromatic heterocycles. The maximum absolute atomic E-state index is 12.6. The van der Waals surface area contributed by atoms with Gasteiger partial charge in [-0.25, -0.2) is 9.97 Å². The highest BCUT2D eigenvalue weighted by Crippen LogP contribution is 2.22. The van der Waals surface area contributed by atoms with E-state index in [1.54, 1.807) is 17.9 Å². The number of hydrogen-bond acceptors (Lipinski definition) is 10. The van der Waals surface area contributed by atoms with Crippen molar-refractivity contribution in [2.24, 2.45) is 0 Å². The summed E-state index contributed by atoms with van der Waals surface area (Å²) in [6.45, 7) is 5.67. The van der Waals surface area contributed by atoms with Crippen molar-refractivity contribution in [3.05, 3.63) is 78.4 Å². The lowest BCUT2D eigenvalue weighted by molar-refractivity contribution is -0.128. The van der Waals surface area contributed by atoms with Gasteiger partial charge in [-0.05, 0) is 24.6 Å². The average molecular weight is 531 g/mol. The number of amides is 2. The van der Waals surface area contributed by atoms with Crippen molar-refractivity contribution in [1.29, 1.82) is 0 Å². The van der Waals surface area contributed by atoms with E-state index in [0.29, 0.717) is 49.3 Å². The van der Waals surface area contributed by atoms with Crippen LogP contribution in [0.2, 0.25) is 0 Å². The molecule has 4 rings (SSSR count). The first-order chi connectivity index (χ1) is 18.9. The number of likely N-dealkylation sites (N-methyl/N-ethyl adjacent to an activating group) is 2. The van der Waals surface area contributed by atoms with E-state index in [9.17, 15) is 9.59 Å². The fourth-order valence-electron chi connectivity index (χ4n) is 3.57. The van der Waals surface area contributed by atoms with E-state index >= 15 is 0 Å². The number of rotatable bonds is 12. The highest BCUT2D eigenvalue weighted by Gasteiger charge is 2.16. The molecule has 0 aliphatic heterocycles. The van der Waals surface area contributed by atoms with Crippen molar-refractivity contribution in [3.63, 3.8) is 0 Å². The fourth-order valence-corrected chi connectivity index (χ4v) is 3.57. The molecule has 0 spiro atoms. The van der Waals surface area contributed by atoms with Gasteiger partial charge >= 0.3 is 17.8 Å². The zero-order valence-electron chi connectivity index (χ0n) is 22.0. The van der Waals surface area contributed by atoms with Gasteiger partial charge < -0.3 is 29.6 Å². The quantitative estimate of drug-likeness (QED) is 0.278. The van der Waals surface area contributed by atoms with Crippen LogP contribution in [0.4, 0.5) is 23.3 Å². The second-order valence-corrected chi connectivity index (χ2v) is 8.59. The van der Waals surface area contributed by atoms with Gasteiger partial charge in [-0.3, -0.25) is 9.59 Å². The van der Waals surface area contributed by atoms with Crippen LogP contribution in [-0.4, -0.2) is 63.6 Å². The normalized spacial score (nSPS) is 10.5. The summed E-state index contributed by atoms with van der Waals surface area (Å²) >= 11 is 0. The van der Waals surface area contributed by atoms with Crippen molar-refractivity contribution in [1.82, 2.24) is 25.1 Å². The SMILES string of the molecule is CCN(CCN(C)c1ncc(NC(=O)c2nnc(Nc3cccc(OCc4ccccc4)c3)o2)cn1)C(C)=O. The van der Waals surface area contributed by atoms with Crippen LogP contribution >= 0.6 is 0 Å². The van der Waals surface area contributed by atoms with Gasteiger partial charge in [0.05, 0.1) is 18.1 Å². The number of carbonyl (C=O) groups excluding carboxylic acids is 2. The second kappa shape index (κ2) is 13.0. The van der Waals surface area contributed by atoms with Gasteiger partial charge in [0.25, 0.3) is 0 Å². The molecule has 0 aliphatic rings. The number of carbonyl (C=O) groups is 2. The third kappa shape index (κ3) is 7.74. The Bertz CT molecular complexity index is 1380. The van der Waals surface area contributed by atoms with Crippen LogP contribution < -0.4 is 20.3 Å². The number of nitrogens with one attached hydrogen (secondary N) is 2. The standard InChI is InChI=1S/C27H30N8O4/c1-4-35(19(2)36)14-13-34(3)26-28-16-22(17-29-26)30-24(37)25-32-33-27(39-25)31-21-11-8-12-23(15-21)38-18-20-9-6-5-7-10-20/h5-12,15-17H,4,13-14,18H2,1-3H3,(H,30,37)(H,31,33). The fraction of sp³-hybridized carbons (Fsp3) is 0.259. The Kier molecular flexibility index (Phi) is 9.01. The summed E-state index contributed by atoms with van der Waals surface area (Å²) in [6.07, 6.45) is 2.96. The van der Waals surface area contributed by atoms with Gasteiger partial charge in [0.1, 0.15) is 12.4 Å². The van der Waals surface area contributed by atoms with Gasteiger partial charge in [0.2, 0.25) is 11.9 Å². The Morgan fingerprint density at radius 3 is 2.46 bits per heavy atom. The van der Waals surface area contributed by atoms with Crippen LogP contribution in [0.1, 0.15) is 30.1 Å². The van der Waals surface area contributed by atoms with Crippen LogP contribution in [0, 0.1) is 0 Å². The van der Waals surface area contributed by atoms with E-state index < -0.39 is 5.91 Å². The van der Waals surface area contributed by atoms with E-state index in [1.807, 2.05) is 67.4 Å². The molecule has 4 aromatic rings. The molecule has 0 saturated carbocycles. The van der Waals surface area contributed by atoms with Crippen molar-refractivity contribution < 1.29 is 18.7 Å². The topological polar surface area (TPSA) is 139 Å². The molecule has 39 heavy (non-hydrogen) atoms. The molecule has 0 radical (unpaired) electrons. The lowest BCUT2D eigenvalue weighted by atomic mass is 10.2. The number of nitrogens with zero attached hydrogens (tertiary/aromatic N) is 6. The molecule has 2 N–H and O–H groups in total. The first-order valence-corrected chi connectivity index (χ1v) is 12.4. The predicted octanol–water partition coefficient (Wildman–Crippen LogP) is 3.74. The molecule has 2 amide bonds. The third-order valence-electron chi connectivity index (χ3n) is 5.72. The number of ether oxygens (including phenoxy) is 1. The molecule has 12 heteroatoms. The minimum Gasteiger partial charge on any atom is -0.489 e. The number of aromatic nitrogens is 4. The summed E-state index contributed by atoms with van der Waals surface area (Å²) in [4.78, 5) is 36.3. The molecule has 0 unspecified atom stereocenters. The Morgan fingerprint density at radius 1 is 0.974 bits per heavy atom. The van der Waals surface area contributed by atoms with Crippen LogP contribution in [-0.2, 0) is 11.4 Å². The molecule has 2 heterocycles. The Morgan fingerprint density at radius 2 is 1.74 bits per heavy atom. The maximum atomic E-state index is 12.6. The largest absolute Gasteiger partial charge is 0.489 e. The van der Waals surface area contributed by atoms with Gasteiger partial charge in [-0.1, -0.05) is 41.5 Å². The number of benzene rings is 2. The summed E-state index contributed by atoms with van der Waals surface area (Å²) in [5.74, 6) is 0.328. The third-order valence-corrected chi connectivity index (χ3v) is 5.72. The van der Waals surface area contributed by atoms with E-state index in [-0.39, 0.29) is 17.8 Å². The Balaban J connectivity index is 1.29. The monoisotopic (exact) mass is 530 g/mol. The molecule has 0 aliphatic carbocycles. The van der Waals surface area contributed by atoms with Crippen molar-refractivity contribution in [2.45, 2.75) is 20.5 Å². The molecule has 0 atom stereocenters. The lowest BCUT2D eigenvalue weighted by Gasteiger charge is -2.23. The minimum absolute atomic E-state index is 0.0191. The lowest BCUT2D eigenvalue weighted by Crippen LogP contribution is -2.36. The average Bonchev–Trinajstić information content (AvgIpc) is 3.42. The van der Waals surface area contributed by atoms with Crippen molar-refractivity contribution in [3.8, 4) is 5.75 Å². The van der Waals surface area contributed by atoms with Gasteiger partial charge in [-0.2, -0.15) is 0 Å². The zero-order chi connectivity index (χ0) is 27.6. The van der Waals surface area contributed by atoms with E-state index in [0.717, 1.165) is 5.56 Å². The molecular weight excluding hydrogens is 500 g/mol. The second-order valence-electron chi connectivity index (χ2n) is 8.59. The molecule has 0 fully saturated rings. The van der Waals surface area contributed by atoms with E-state index in [1.165, 1.54) is 12.4 Å². The Hall–Kier alpha value is -5.00. The van der Waals surface area contributed by atoms with E-state index in [2.05, 4.69) is 30.8 Å². The number of hydrogen-bond donors (Lipinski definition) is 2. The van der Waals surface area contributed by atoms with E-state index in [4.69, 9.17) is 9.15 Å². The van der Waals surface area contributed by atoms with Crippen LogP contribution in [0.15, 0.2) is 71.4 Å². The minimum atomic E-state index is -0.597. The molecule has 12 nitrogen and oxygen atoms in total. The number of anilines is 4. The van der Waals surface area contributed by atoms with Crippen molar-refractivity contribution >= 4 is 35.2 Å². The van der Waals surface area contributed by atoms with Crippen LogP contribution in [0.25, 0.3) is 0 Å². The summed E-state index contributed by atoms with van der Waals surface area (Å²) < 4.78 is 11.3. The van der Waals surface area contributed by atoms with Gasteiger partial charge in [0, 0.05) is 45.4 Å². The van der Waals surface area contributed by atoms with Gasteiger partial charge in [0.15, 0.2) is 0 Å². The Labute approximate surface area is 226 Å². The first-order valence-electron chi connectivity index (χ1n) is 12.4. The summed E-state index contributed by atoms with van der Waals surface area (Å²) in [7, 11) is 1.83. The highest BCUT2D eigenvalue weighted by atomic mass is 16.5. The van der Waals surface area contributed by atoms with Crippen LogP contribution in [0.5, 0.6) is 5.75 Å². The zero-order valence-corrected chi connectivity index (χ0v) is 22.0. The summed E-state index contributed by atoms with van der Waals surface area (Å²) in [5, 5.41) is 13.3. The highest BCUT2D eigenvalue weighted by molar-refractivity contribution is 6.00. The van der Waals surface area contributed by atoms with Crippen molar-refractivity contribution in [2.75, 3.05) is 42.2 Å². The smallest absolute Gasteiger partial charge is 0.320 e. The summed E-state index contributed by atoms with van der Waals surface area (Å²) in [5.41, 5.74) is 2.09. The first kappa shape index (κ1) is 27.0. The molecule has 0 bridgehead atoms.